The van der Waals surface area contributed by atoms with Gasteiger partial charge in [-0.25, -0.2) is 9.82 Å². The van der Waals surface area contributed by atoms with Gasteiger partial charge in [0.1, 0.15) is 18.2 Å². The molecular formula is C23H16ClF4N3O3. The molecule has 0 saturated carbocycles. The Kier molecular flexibility index (Phi) is 7.85. The average Bonchev–Trinajstić information content (AvgIpc) is 2.80. The molecule has 0 saturated heterocycles. The molecule has 3 aromatic carbocycles. The minimum absolute atomic E-state index is 0.0428. The second-order valence-corrected chi connectivity index (χ2v) is 7.20. The number of halogens is 5. The Balaban J connectivity index is 1.52. The van der Waals surface area contributed by atoms with Crippen LogP contribution in [0.15, 0.2) is 71.8 Å². The van der Waals surface area contributed by atoms with E-state index in [4.69, 9.17) is 16.3 Å². The zero-order valence-corrected chi connectivity index (χ0v) is 18.0. The third kappa shape index (κ3) is 6.79. The Morgan fingerprint density at radius 2 is 1.71 bits per heavy atom. The minimum Gasteiger partial charge on any atom is -0.489 e. The summed E-state index contributed by atoms with van der Waals surface area (Å²) in [7, 11) is 0. The highest BCUT2D eigenvalue weighted by molar-refractivity contribution is 6.41. The number of anilines is 1. The number of alkyl halides is 3. The molecule has 0 bridgehead atoms. The van der Waals surface area contributed by atoms with E-state index in [0.29, 0.717) is 22.9 Å². The monoisotopic (exact) mass is 493 g/mol. The molecule has 0 aromatic heterocycles. The Morgan fingerprint density at radius 3 is 2.38 bits per heavy atom. The molecule has 2 N–H and O–H groups in total. The van der Waals surface area contributed by atoms with Crippen LogP contribution >= 0.6 is 11.6 Å². The smallest absolute Gasteiger partial charge is 0.416 e. The fraction of sp³-hybridized carbons (Fsp3) is 0.0870. The predicted molar refractivity (Wildman–Crippen MR) is 118 cm³/mol. The van der Waals surface area contributed by atoms with Crippen molar-refractivity contribution in [2.24, 2.45) is 5.10 Å². The van der Waals surface area contributed by atoms with E-state index >= 15 is 0 Å². The molecule has 3 aromatic rings. The molecule has 3 rings (SSSR count). The van der Waals surface area contributed by atoms with Crippen LogP contribution in [0.25, 0.3) is 0 Å². The van der Waals surface area contributed by atoms with E-state index in [0.717, 1.165) is 12.1 Å². The van der Waals surface area contributed by atoms with Crippen molar-refractivity contribution in [1.29, 1.82) is 0 Å². The van der Waals surface area contributed by atoms with Crippen molar-refractivity contribution >= 4 is 35.3 Å². The molecule has 0 unspecified atom stereocenters. The Labute approximate surface area is 196 Å². The van der Waals surface area contributed by atoms with Crippen molar-refractivity contribution in [1.82, 2.24) is 5.43 Å². The van der Waals surface area contributed by atoms with Gasteiger partial charge in [0.15, 0.2) is 0 Å². The van der Waals surface area contributed by atoms with Crippen molar-refractivity contribution in [3.63, 3.8) is 0 Å². The van der Waals surface area contributed by atoms with Gasteiger partial charge in [-0.05, 0) is 54.1 Å². The summed E-state index contributed by atoms with van der Waals surface area (Å²) >= 11 is 5.78. The molecule has 0 aliphatic heterocycles. The van der Waals surface area contributed by atoms with Crippen LogP contribution in [0.4, 0.5) is 23.2 Å². The van der Waals surface area contributed by atoms with E-state index in [1.165, 1.54) is 12.3 Å². The van der Waals surface area contributed by atoms with Gasteiger partial charge in [-0.3, -0.25) is 9.59 Å². The largest absolute Gasteiger partial charge is 0.489 e. The Bertz CT molecular complexity index is 1210. The maximum atomic E-state index is 13.6. The van der Waals surface area contributed by atoms with Crippen LogP contribution in [0.2, 0.25) is 5.02 Å². The molecule has 0 aliphatic carbocycles. The van der Waals surface area contributed by atoms with Gasteiger partial charge in [-0.1, -0.05) is 29.8 Å². The van der Waals surface area contributed by atoms with Gasteiger partial charge >= 0.3 is 18.0 Å². The van der Waals surface area contributed by atoms with Crippen LogP contribution in [0.1, 0.15) is 16.7 Å². The highest BCUT2D eigenvalue weighted by Gasteiger charge is 2.31. The van der Waals surface area contributed by atoms with E-state index in [2.05, 4.69) is 5.10 Å². The van der Waals surface area contributed by atoms with Crippen LogP contribution in [0, 0.1) is 5.82 Å². The van der Waals surface area contributed by atoms with Gasteiger partial charge in [0, 0.05) is 5.56 Å². The fourth-order valence-electron chi connectivity index (χ4n) is 2.62. The summed E-state index contributed by atoms with van der Waals surface area (Å²) < 4.78 is 57.5. The number of carbonyl (C=O) groups is 2. The van der Waals surface area contributed by atoms with Gasteiger partial charge in [0.05, 0.1) is 22.5 Å². The normalized spacial score (nSPS) is 11.3. The number of ether oxygens (including phenoxy) is 1. The molecule has 176 valence electrons. The second kappa shape index (κ2) is 10.8. The Hall–Kier alpha value is -3.92. The Morgan fingerprint density at radius 1 is 1.00 bits per heavy atom. The first kappa shape index (κ1) is 24.7. The summed E-state index contributed by atoms with van der Waals surface area (Å²) in [6.07, 6.45) is -3.40. The fourth-order valence-corrected chi connectivity index (χ4v) is 2.78. The lowest BCUT2D eigenvalue weighted by molar-refractivity contribution is -0.137. The molecule has 6 nitrogen and oxygen atoms in total. The predicted octanol–water partition coefficient (Wildman–Crippen LogP) is 5.17. The number of nitrogens with zero attached hydrogens (tertiary/aromatic N) is 1. The number of benzene rings is 3. The van der Waals surface area contributed by atoms with Crippen LogP contribution < -0.4 is 15.5 Å². The first-order chi connectivity index (χ1) is 16.1. The van der Waals surface area contributed by atoms with E-state index in [1.807, 2.05) is 10.7 Å². The molecule has 11 heteroatoms. The quantitative estimate of drug-likeness (QED) is 0.215. The zero-order valence-electron chi connectivity index (χ0n) is 17.2. The summed E-state index contributed by atoms with van der Waals surface area (Å²) in [4.78, 5) is 23.8. The lowest BCUT2D eigenvalue weighted by Gasteiger charge is -2.11. The summed E-state index contributed by atoms with van der Waals surface area (Å²) in [6, 6.07) is 15.0. The van der Waals surface area contributed by atoms with Crippen molar-refractivity contribution < 1.29 is 31.9 Å². The third-order valence-corrected chi connectivity index (χ3v) is 4.69. The van der Waals surface area contributed by atoms with Crippen molar-refractivity contribution in [3.8, 4) is 5.75 Å². The van der Waals surface area contributed by atoms with Crippen LogP contribution in [-0.4, -0.2) is 18.0 Å². The summed E-state index contributed by atoms with van der Waals surface area (Å²) in [6.45, 7) is 0.0428. The maximum absolute atomic E-state index is 13.6. The highest BCUT2D eigenvalue weighted by atomic mass is 35.5. The molecule has 0 atom stereocenters. The molecule has 0 spiro atoms. The topological polar surface area (TPSA) is 79.8 Å². The number of hydrogen-bond donors (Lipinski definition) is 2. The van der Waals surface area contributed by atoms with Crippen LogP contribution in [-0.2, 0) is 22.4 Å². The van der Waals surface area contributed by atoms with Gasteiger partial charge in [-0.15, -0.1) is 0 Å². The number of amides is 2. The summed E-state index contributed by atoms with van der Waals surface area (Å²) in [5.41, 5.74) is 1.50. The van der Waals surface area contributed by atoms with Gasteiger partial charge in [0.25, 0.3) is 0 Å². The lowest BCUT2D eigenvalue weighted by Crippen LogP contribution is -2.32. The molecule has 0 radical (unpaired) electrons. The minimum atomic E-state index is -4.64. The number of hydrogen-bond acceptors (Lipinski definition) is 4. The van der Waals surface area contributed by atoms with E-state index in [-0.39, 0.29) is 23.1 Å². The molecule has 2 amide bonds. The van der Waals surface area contributed by atoms with Crippen LogP contribution in [0.3, 0.4) is 0 Å². The molecule has 0 fully saturated rings. The maximum Gasteiger partial charge on any atom is 0.416 e. The molecular weight excluding hydrogens is 478 g/mol. The second-order valence-electron chi connectivity index (χ2n) is 6.79. The highest BCUT2D eigenvalue weighted by Crippen LogP contribution is 2.33. The standard InChI is InChI=1S/C23H16ClF4N3O3/c24-18-10-7-16(23(26,27)28)11-20(18)30-21(32)22(33)31-29-12-14-5-8-17(9-6-14)34-13-15-3-1-2-4-19(15)25/h1-12H,13H2,(H,30,32)(H,31,33)/b29-12+. The van der Waals surface area contributed by atoms with Crippen molar-refractivity contribution in [3.05, 3.63) is 94.3 Å². The SMILES string of the molecule is O=C(N/N=C/c1ccc(OCc2ccccc2F)cc1)C(=O)Nc1cc(C(F)(F)F)ccc1Cl. The number of rotatable bonds is 6. The van der Waals surface area contributed by atoms with Gasteiger partial charge in [0.2, 0.25) is 0 Å². The van der Waals surface area contributed by atoms with Crippen LogP contribution in [0.5, 0.6) is 5.75 Å². The molecule has 0 aliphatic rings. The number of carbonyl (C=O) groups excluding carboxylic acids is 2. The number of nitrogens with one attached hydrogen (secondary N) is 2. The van der Waals surface area contributed by atoms with Gasteiger partial charge in [-0.2, -0.15) is 18.3 Å². The van der Waals surface area contributed by atoms with E-state index < -0.39 is 23.6 Å². The summed E-state index contributed by atoms with van der Waals surface area (Å²) in [5.74, 6) is -2.37. The lowest BCUT2D eigenvalue weighted by atomic mass is 10.2. The van der Waals surface area contributed by atoms with Crippen molar-refractivity contribution in [2.45, 2.75) is 12.8 Å². The van der Waals surface area contributed by atoms with E-state index in [9.17, 15) is 27.2 Å². The van der Waals surface area contributed by atoms with E-state index in [1.54, 1.807) is 42.5 Å². The van der Waals surface area contributed by atoms with Crippen molar-refractivity contribution in [2.75, 3.05) is 5.32 Å². The zero-order chi connectivity index (χ0) is 24.7. The molecule has 34 heavy (non-hydrogen) atoms. The van der Waals surface area contributed by atoms with Gasteiger partial charge < -0.3 is 10.1 Å². The first-order valence-electron chi connectivity index (χ1n) is 9.61. The third-order valence-electron chi connectivity index (χ3n) is 4.36. The number of hydrazone groups is 1. The average molecular weight is 494 g/mol. The molecule has 0 heterocycles. The summed E-state index contributed by atoms with van der Waals surface area (Å²) in [5, 5.41) is 5.47. The first-order valence-corrected chi connectivity index (χ1v) is 9.98.